The van der Waals surface area contributed by atoms with Crippen LogP contribution < -0.4 is 21.3 Å². The van der Waals surface area contributed by atoms with E-state index in [4.69, 9.17) is 28.1 Å². The van der Waals surface area contributed by atoms with Crippen LogP contribution in [0.1, 0.15) is 29.5 Å². The minimum absolute atomic E-state index is 0.179. The van der Waals surface area contributed by atoms with Gasteiger partial charge >= 0.3 is 12.4 Å². The van der Waals surface area contributed by atoms with Crippen LogP contribution in [0.3, 0.4) is 0 Å². The second kappa shape index (κ2) is 18.1. The number of alkyl halides is 6. The van der Waals surface area contributed by atoms with Crippen LogP contribution in [0.5, 0.6) is 5.75 Å². The van der Waals surface area contributed by atoms with Crippen LogP contribution >= 0.6 is 11.6 Å². The number of nitrogens with zero attached hydrogens (tertiary/aromatic N) is 10. The Morgan fingerprint density at radius 2 is 1.24 bits per heavy atom. The van der Waals surface area contributed by atoms with Gasteiger partial charge in [-0.1, -0.05) is 48.0 Å². The molecule has 24 heteroatoms. The quantitative estimate of drug-likeness (QED) is 0.0858. The van der Waals surface area contributed by atoms with E-state index < -0.39 is 35.6 Å². The summed E-state index contributed by atoms with van der Waals surface area (Å²) in [5, 5.41) is 28.4. The van der Waals surface area contributed by atoms with Crippen molar-refractivity contribution in [1.29, 1.82) is 0 Å². The molecule has 76 heavy (non-hydrogen) atoms. The number of aromatic hydroxyl groups is 1. The van der Waals surface area contributed by atoms with Gasteiger partial charge in [0.05, 0.1) is 39.9 Å². The summed E-state index contributed by atoms with van der Waals surface area (Å²) in [4.78, 5) is 22.6. The smallest absolute Gasteiger partial charge is 0.419 e. The molecular formula is C52H45ClF8N14O. The molecular weight excluding hydrogens is 1020 g/mol. The van der Waals surface area contributed by atoms with E-state index in [9.17, 15) is 40.2 Å². The summed E-state index contributed by atoms with van der Waals surface area (Å²) in [6.45, 7) is 2.28. The van der Waals surface area contributed by atoms with Crippen molar-refractivity contribution in [2.75, 3.05) is 49.1 Å². The molecule has 4 fully saturated rings. The molecule has 2 saturated carbocycles. The van der Waals surface area contributed by atoms with Gasteiger partial charge in [0.2, 0.25) is 11.3 Å². The van der Waals surface area contributed by atoms with E-state index in [2.05, 4.69) is 50.2 Å². The molecule has 2 saturated heterocycles. The fraction of sp³-hybridized carbons (Fsp3) is 0.327. The van der Waals surface area contributed by atoms with Crippen LogP contribution in [0, 0.1) is 35.3 Å². The summed E-state index contributed by atoms with van der Waals surface area (Å²) in [6.07, 6.45) is -2.89. The molecule has 7 heterocycles. The summed E-state index contributed by atoms with van der Waals surface area (Å²) in [6, 6.07) is 20.1. The molecule has 0 unspecified atom stereocenters. The monoisotopic (exact) mass is 1070 g/mol. The number of phenolic OH excluding ortho intramolecular Hbond substituents is 1. The van der Waals surface area contributed by atoms with Crippen LogP contribution in [0.2, 0.25) is 5.02 Å². The number of hydrogen-bond donors (Lipinski definition) is 5. The highest BCUT2D eigenvalue weighted by Crippen LogP contribution is 2.64. The zero-order chi connectivity index (χ0) is 53.1. The molecule has 0 bridgehead atoms. The van der Waals surface area contributed by atoms with Crippen molar-refractivity contribution >= 4 is 56.5 Å². The number of anilines is 2. The number of piperidine rings is 2. The van der Waals surface area contributed by atoms with Crippen molar-refractivity contribution in [3.05, 3.63) is 131 Å². The van der Waals surface area contributed by atoms with Gasteiger partial charge in [0.25, 0.3) is 0 Å². The van der Waals surface area contributed by atoms with Crippen molar-refractivity contribution in [1.82, 2.24) is 50.1 Å². The topological polar surface area (TPSA) is 205 Å². The molecule has 5 aromatic heterocycles. The highest BCUT2D eigenvalue weighted by atomic mass is 35.5. The zero-order valence-electron chi connectivity index (χ0n) is 39.9. The maximum absolute atomic E-state index is 14.7. The molecule has 15 nitrogen and oxygen atoms in total. The summed E-state index contributed by atoms with van der Waals surface area (Å²) >= 11 is 6.62. The first-order valence-corrected chi connectivity index (χ1v) is 24.8. The Morgan fingerprint density at radius 3 is 1.76 bits per heavy atom. The van der Waals surface area contributed by atoms with Crippen LogP contribution in [0.15, 0.2) is 97.5 Å². The van der Waals surface area contributed by atoms with Crippen LogP contribution in [-0.2, 0) is 23.6 Å². The van der Waals surface area contributed by atoms with Gasteiger partial charge in [0, 0.05) is 72.8 Å². The molecule has 13 rings (SSSR count). The van der Waals surface area contributed by atoms with Crippen LogP contribution in [0.4, 0.5) is 46.8 Å². The fourth-order valence-electron chi connectivity index (χ4n) is 12.4. The first-order chi connectivity index (χ1) is 36.4. The van der Waals surface area contributed by atoms with Gasteiger partial charge in [-0.25, -0.2) is 28.7 Å². The Kier molecular flexibility index (Phi) is 11.7. The lowest BCUT2D eigenvalue weighted by atomic mass is 9.91. The molecule has 7 N–H and O–H groups in total. The van der Waals surface area contributed by atoms with Gasteiger partial charge in [0.1, 0.15) is 46.6 Å². The second-order valence-corrected chi connectivity index (χ2v) is 20.3. The first-order valence-electron chi connectivity index (χ1n) is 24.4. The van der Waals surface area contributed by atoms with Gasteiger partial charge in [-0.05, 0) is 90.1 Å². The maximum Gasteiger partial charge on any atom is 0.419 e. The van der Waals surface area contributed by atoms with E-state index in [1.807, 2.05) is 24.3 Å². The molecule has 0 radical (unpaired) electrons. The van der Waals surface area contributed by atoms with E-state index in [0.717, 1.165) is 36.2 Å². The largest absolute Gasteiger partial charge is 0.507 e. The molecule has 392 valence electrons. The van der Waals surface area contributed by atoms with Crippen molar-refractivity contribution in [3.63, 3.8) is 0 Å². The molecule has 6 atom stereocenters. The Morgan fingerprint density at radius 1 is 0.697 bits per heavy atom. The van der Waals surface area contributed by atoms with Gasteiger partial charge < -0.3 is 26.4 Å². The summed E-state index contributed by atoms with van der Waals surface area (Å²) in [5.41, 5.74) is 15.1. The average Bonchev–Trinajstić information content (AvgIpc) is 4.04. The first kappa shape index (κ1) is 49.4. The number of nitrogens with one attached hydrogen (secondary N) is 2. The third-order valence-electron chi connectivity index (χ3n) is 16.1. The summed E-state index contributed by atoms with van der Waals surface area (Å²) in [5.74, 6) is 0.935. The predicted octanol–water partition coefficient (Wildman–Crippen LogP) is 9.31. The van der Waals surface area contributed by atoms with Gasteiger partial charge in [-0.15, -0.1) is 0 Å². The number of aromatic nitrogens is 10. The Balaban J connectivity index is 0.000000154. The maximum atomic E-state index is 14.7. The second-order valence-electron chi connectivity index (χ2n) is 19.9. The average molecular weight is 1070 g/mol. The molecule has 0 spiro atoms. The lowest BCUT2D eigenvalue weighted by molar-refractivity contribution is -0.142. The number of aromatic amines is 2. The number of nitrogens with two attached hydrogens (primary N) is 2. The lowest BCUT2D eigenvalue weighted by Crippen LogP contribution is -2.32. The van der Waals surface area contributed by atoms with Crippen molar-refractivity contribution in [2.45, 2.75) is 42.6 Å². The van der Waals surface area contributed by atoms with Gasteiger partial charge in [0.15, 0.2) is 0 Å². The van der Waals surface area contributed by atoms with E-state index in [0.29, 0.717) is 106 Å². The number of hydrogen-bond acceptors (Lipinski definition) is 12. The van der Waals surface area contributed by atoms with Gasteiger partial charge in [-0.3, -0.25) is 14.9 Å². The summed E-state index contributed by atoms with van der Waals surface area (Å²) in [7, 11) is 0. The zero-order valence-corrected chi connectivity index (χ0v) is 40.6. The highest BCUT2D eigenvalue weighted by molar-refractivity contribution is 6.38. The van der Waals surface area contributed by atoms with Gasteiger partial charge in [-0.2, -0.15) is 41.6 Å². The minimum Gasteiger partial charge on any atom is -0.507 e. The van der Waals surface area contributed by atoms with Crippen molar-refractivity contribution in [3.8, 4) is 28.3 Å². The fourth-order valence-corrected chi connectivity index (χ4v) is 12.7. The van der Waals surface area contributed by atoms with Crippen molar-refractivity contribution < 1.29 is 40.2 Å². The van der Waals surface area contributed by atoms with Crippen LogP contribution in [-0.4, -0.2) is 101 Å². The number of benzene rings is 4. The Hall–Kier alpha value is -7.50. The standard InChI is InChI=1S/C27H23ClF4N8.C25H22F4N6O/c28-22-14(5-6-20-15(22)10-40(38-20)13-27(30,31)32)23-24-25(37-36-23)35-21(9-34-24)39-8-7-16-18(11-39)26(16,12-33)17-3-1-2-4-19(17)29;26-18-4-2-1-3-15(18)24(12-30)14-7-8-35(11-17(14)24)20-10-31-22-21(33-34-23(22)32-20)13-5-6-19(36)16(9-13)25(27,28)29/h1-6,9-10,16,18H,7-8,11-13,33H2,(H,35,36,37);1-6,9-10,14,17,36H,7-8,11-12,30H2,(H,32,33,34)/t16-,18+,26-;14-,17+,24-/m11/s1. The highest BCUT2D eigenvalue weighted by Gasteiger charge is 2.67. The van der Waals surface area contributed by atoms with E-state index in [1.54, 1.807) is 36.7 Å². The number of fused-ring (bicyclic) bond motifs is 5. The SMILES string of the molecule is NC[C@]1(c2ccccc2F)[C@@H]2CCN(c3cnc4c(-c5ccc(O)c(C(F)(F)F)c5)[nH]nc4n3)C[C@@H]21.NC[C@]1(c2ccccc2F)[C@@H]2CCN(c3cnc4c(-c5ccc6nn(CC(F)(F)F)cc6c5Cl)[nH]nc4n3)C[C@@H]21. The van der Waals surface area contributed by atoms with E-state index in [1.165, 1.54) is 24.4 Å². The minimum atomic E-state index is -4.70. The molecule has 9 aromatic rings. The molecule has 2 aliphatic heterocycles. The molecule has 4 aliphatic rings. The van der Waals surface area contributed by atoms with E-state index >= 15 is 0 Å². The molecule has 4 aromatic carbocycles. The molecule has 2 aliphatic carbocycles. The Bertz CT molecular complexity index is 3710. The molecule has 0 amide bonds. The van der Waals surface area contributed by atoms with Crippen molar-refractivity contribution in [2.24, 2.45) is 35.1 Å². The third-order valence-corrected chi connectivity index (χ3v) is 16.5. The predicted molar refractivity (Wildman–Crippen MR) is 267 cm³/mol. The number of halogens is 9. The third kappa shape index (κ3) is 8.12. The number of rotatable bonds is 9. The number of phenols is 1. The summed E-state index contributed by atoms with van der Waals surface area (Å²) < 4.78 is 108. The Labute approximate surface area is 431 Å². The van der Waals surface area contributed by atoms with E-state index in [-0.39, 0.29) is 50.8 Å². The number of H-pyrrole nitrogens is 2. The normalized spacial score (nSPS) is 23.1. The lowest BCUT2D eigenvalue weighted by Gasteiger charge is -2.26. The van der Waals surface area contributed by atoms with Crippen LogP contribution in [0.25, 0.3) is 55.7 Å².